The Labute approximate surface area is 35.5 Å². The van der Waals surface area contributed by atoms with E-state index in [0.717, 1.165) is 6.67 Å². The smallest absolute Gasteiger partial charge is 0.0952 e. The van der Waals surface area contributed by atoms with E-state index in [1.54, 1.807) is 11.9 Å². The first-order chi connectivity index (χ1) is 2.50. The molecule has 0 aromatic heterocycles. The standard InChI is InChI=1S/C2H5N2S/c1-3-2-5-4-1/h2-4H,1H2. The fourth-order valence-electron chi connectivity index (χ4n) is 0.208. The first-order valence-corrected chi connectivity index (χ1v) is 2.32. The number of rotatable bonds is 0. The van der Waals surface area contributed by atoms with Gasteiger partial charge in [-0.05, 0) is 0 Å². The molecule has 1 fully saturated rings. The van der Waals surface area contributed by atoms with Crippen molar-refractivity contribution in [2.75, 3.05) is 6.67 Å². The molecule has 1 heterocycles. The van der Waals surface area contributed by atoms with Gasteiger partial charge in [0.15, 0.2) is 0 Å². The average molecular weight is 89.1 g/mol. The molecule has 1 rings (SSSR count). The van der Waals surface area contributed by atoms with Gasteiger partial charge in [0.2, 0.25) is 0 Å². The van der Waals surface area contributed by atoms with Crippen LogP contribution in [0.5, 0.6) is 0 Å². The highest BCUT2D eigenvalue weighted by Gasteiger charge is 1.92. The van der Waals surface area contributed by atoms with Gasteiger partial charge in [-0.2, -0.15) is 0 Å². The Hall–Kier alpha value is 0.270. The topological polar surface area (TPSA) is 24.1 Å². The van der Waals surface area contributed by atoms with Crippen molar-refractivity contribution in [3.05, 3.63) is 5.88 Å². The lowest BCUT2D eigenvalue weighted by atomic mass is 11.1. The molecule has 0 unspecified atom stereocenters. The van der Waals surface area contributed by atoms with E-state index in [4.69, 9.17) is 0 Å². The average Bonchev–Trinajstić information content (AvgIpc) is 1.76. The van der Waals surface area contributed by atoms with E-state index in [0.29, 0.717) is 0 Å². The fraction of sp³-hybridized carbons (Fsp3) is 0.500. The summed E-state index contributed by atoms with van der Waals surface area (Å²) in [6.45, 7) is 0.907. The second kappa shape index (κ2) is 1.64. The first kappa shape index (κ1) is 3.46. The van der Waals surface area contributed by atoms with Crippen LogP contribution in [0, 0.1) is 5.88 Å². The molecule has 1 aliphatic rings. The Morgan fingerprint density at radius 1 is 1.80 bits per heavy atom. The molecule has 29 valence electrons. The van der Waals surface area contributed by atoms with Gasteiger partial charge in [-0.25, -0.2) is 4.72 Å². The maximum Gasteiger partial charge on any atom is 0.0952 e. The van der Waals surface area contributed by atoms with Crippen LogP contribution in [-0.4, -0.2) is 6.67 Å². The minimum atomic E-state index is 0.907. The van der Waals surface area contributed by atoms with E-state index < -0.39 is 0 Å². The monoisotopic (exact) mass is 89.0 g/mol. The van der Waals surface area contributed by atoms with Gasteiger partial charge in [0.05, 0.1) is 12.5 Å². The molecule has 0 saturated carbocycles. The van der Waals surface area contributed by atoms with Crippen LogP contribution in [0.1, 0.15) is 0 Å². The van der Waals surface area contributed by atoms with Crippen LogP contribution in [0.3, 0.4) is 0 Å². The van der Waals surface area contributed by atoms with Crippen LogP contribution in [0.15, 0.2) is 0 Å². The molecule has 0 spiro atoms. The predicted octanol–water partition coefficient (Wildman–Crippen LogP) is -0.0958. The van der Waals surface area contributed by atoms with Crippen molar-refractivity contribution >= 4 is 11.9 Å². The van der Waals surface area contributed by atoms with Gasteiger partial charge in [0, 0.05) is 0 Å². The van der Waals surface area contributed by atoms with Gasteiger partial charge in [-0.1, -0.05) is 11.9 Å². The van der Waals surface area contributed by atoms with Crippen LogP contribution < -0.4 is 10.0 Å². The van der Waals surface area contributed by atoms with E-state index in [-0.39, 0.29) is 0 Å². The van der Waals surface area contributed by atoms with Crippen molar-refractivity contribution in [3.8, 4) is 0 Å². The molecule has 1 saturated heterocycles. The molecule has 2 nitrogen and oxygen atoms in total. The van der Waals surface area contributed by atoms with Crippen molar-refractivity contribution in [2.24, 2.45) is 0 Å². The summed E-state index contributed by atoms with van der Waals surface area (Å²) < 4.78 is 2.97. The Morgan fingerprint density at radius 3 is 3.00 bits per heavy atom. The summed E-state index contributed by atoms with van der Waals surface area (Å²) in [5.41, 5.74) is 0. The number of hydrogen-bond acceptors (Lipinski definition) is 3. The maximum atomic E-state index is 2.97. The summed E-state index contributed by atoms with van der Waals surface area (Å²) in [4.78, 5) is 0. The van der Waals surface area contributed by atoms with Crippen LogP contribution in [0.25, 0.3) is 0 Å². The second-order valence-corrected chi connectivity index (χ2v) is 1.52. The van der Waals surface area contributed by atoms with E-state index in [1.807, 2.05) is 5.88 Å². The lowest BCUT2D eigenvalue weighted by Crippen LogP contribution is -2.08. The Morgan fingerprint density at radius 2 is 2.80 bits per heavy atom. The van der Waals surface area contributed by atoms with E-state index >= 15 is 0 Å². The quantitative estimate of drug-likeness (QED) is 0.405. The summed E-state index contributed by atoms with van der Waals surface area (Å²) in [5, 5.41) is 2.95. The molecule has 0 atom stereocenters. The van der Waals surface area contributed by atoms with Crippen LogP contribution >= 0.6 is 11.9 Å². The highest BCUT2D eigenvalue weighted by molar-refractivity contribution is 7.99. The van der Waals surface area contributed by atoms with Gasteiger partial charge >= 0.3 is 0 Å². The van der Waals surface area contributed by atoms with Gasteiger partial charge in [-0.15, -0.1) is 0 Å². The molecule has 0 aliphatic carbocycles. The fourth-order valence-corrected chi connectivity index (χ4v) is 0.625. The van der Waals surface area contributed by atoms with Gasteiger partial charge in [0.25, 0.3) is 0 Å². The molecule has 2 N–H and O–H groups in total. The molecular weight excluding hydrogens is 84.1 g/mol. The molecule has 0 aromatic rings. The number of nitrogens with one attached hydrogen (secondary N) is 2. The third kappa shape index (κ3) is 0.792. The molecule has 1 aliphatic heterocycles. The van der Waals surface area contributed by atoms with Crippen LogP contribution in [0.2, 0.25) is 0 Å². The maximum absolute atomic E-state index is 2.97. The SMILES string of the molecule is [CH]1NCNS1. The lowest BCUT2D eigenvalue weighted by molar-refractivity contribution is 0.859. The summed E-state index contributed by atoms with van der Waals surface area (Å²) in [5.74, 6) is 1.92. The zero-order valence-electron chi connectivity index (χ0n) is 2.69. The zero-order valence-corrected chi connectivity index (χ0v) is 3.51. The summed E-state index contributed by atoms with van der Waals surface area (Å²) in [7, 11) is 0. The normalized spacial score (nSPS) is 24.0. The minimum absolute atomic E-state index is 0.907. The highest BCUT2D eigenvalue weighted by Crippen LogP contribution is 1.97. The van der Waals surface area contributed by atoms with Crippen molar-refractivity contribution in [1.82, 2.24) is 10.0 Å². The molecular formula is C2H5N2S. The molecule has 3 heteroatoms. The third-order valence-corrected chi connectivity index (χ3v) is 0.995. The van der Waals surface area contributed by atoms with E-state index in [9.17, 15) is 0 Å². The largest absolute Gasteiger partial charge is 0.289 e. The van der Waals surface area contributed by atoms with E-state index in [1.165, 1.54) is 0 Å². The van der Waals surface area contributed by atoms with Crippen molar-refractivity contribution < 1.29 is 0 Å². The molecule has 1 radical (unpaired) electrons. The van der Waals surface area contributed by atoms with E-state index in [2.05, 4.69) is 10.0 Å². The molecule has 0 amide bonds. The second-order valence-electron chi connectivity index (χ2n) is 0.761. The molecule has 0 bridgehead atoms. The van der Waals surface area contributed by atoms with Crippen molar-refractivity contribution in [3.63, 3.8) is 0 Å². The summed E-state index contributed by atoms with van der Waals surface area (Å²) in [6, 6.07) is 0. The Kier molecular flexibility index (Phi) is 1.14. The minimum Gasteiger partial charge on any atom is -0.289 e. The highest BCUT2D eigenvalue weighted by atomic mass is 32.2. The third-order valence-electron chi connectivity index (χ3n) is 0.400. The predicted molar refractivity (Wildman–Crippen MR) is 23.0 cm³/mol. The van der Waals surface area contributed by atoms with Gasteiger partial charge in [-0.3, -0.25) is 5.32 Å². The first-order valence-electron chi connectivity index (χ1n) is 1.44. The van der Waals surface area contributed by atoms with Gasteiger partial charge < -0.3 is 0 Å². The Balaban J connectivity index is 2.08. The van der Waals surface area contributed by atoms with Crippen molar-refractivity contribution in [1.29, 1.82) is 0 Å². The van der Waals surface area contributed by atoms with Crippen LogP contribution in [0.4, 0.5) is 0 Å². The summed E-state index contributed by atoms with van der Waals surface area (Å²) in [6.07, 6.45) is 0. The Bertz CT molecular complexity index is 19.2. The van der Waals surface area contributed by atoms with Crippen molar-refractivity contribution in [2.45, 2.75) is 0 Å². The molecule has 0 aromatic carbocycles. The van der Waals surface area contributed by atoms with Gasteiger partial charge in [0.1, 0.15) is 0 Å². The summed E-state index contributed by atoms with van der Waals surface area (Å²) >= 11 is 1.59. The zero-order chi connectivity index (χ0) is 3.54. The lowest BCUT2D eigenvalue weighted by Gasteiger charge is -1.74. The number of hydrogen-bond donors (Lipinski definition) is 2. The van der Waals surface area contributed by atoms with Crippen LogP contribution in [-0.2, 0) is 0 Å². The molecule has 5 heavy (non-hydrogen) atoms.